The number of hydrogen-bond acceptors (Lipinski definition) is 2. The van der Waals surface area contributed by atoms with E-state index in [0.717, 1.165) is 6.42 Å². The molecule has 2 nitrogen and oxygen atoms in total. The van der Waals surface area contributed by atoms with Gasteiger partial charge in [-0.3, -0.25) is 0 Å². The summed E-state index contributed by atoms with van der Waals surface area (Å²) in [6.45, 7) is 8.71. The van der Waals surface area contributed by atoms with Gasteiger partial charge in [-0.1, -0.05) is 6.08 Å². The lowest BCUT2D eigenvalue weighted by Gasteiger charge is -2.16. The van der Waals surface area contributed by atoms with Crippen LogP contribution in [0.3, 0.4) is 0 Å². The summed E-state index contributed by atoms with van der Waals surface area (Å²) in [5.41, 5.74) is 0.662. The van der Waals surface area contributed by atoms with Gasteiger partial charge in [0.1, 0.15) is 11.6 Å². The van der Waals surface area contributed by atoms with Gasteiger partial charge in [-0.25, -0.2) is 8.78 Å². The van der Waals surface area contributed by atoms with Gasteiger partial charge in [-0.2, -0.15) is 0 Å². The van der Waals surface area contributed by atoms with Crippen molar-refractivity contribution in [2.45, 2.75) is 26.3 Å². The normalized spacial score (nSPS) is 12.4. The second kappa shape index (κ2) is 8.02. The van der Waals surface area contributed by atoms with Crippen LogP contribution in [0.15, 0.2) is 24.8 Å². The Balaban J connectivity index is 2.43. The van der Waals surface area contributed by atoms with Crippen LogP contribution in [0, 0.1) is 18.6 Å². The molecule has 0 saturated carbocycles. The minimum absolute atomic E-state index is 0.252. The van der Waals surface area contributed by atoms with Crippen molar-refractivity contribution in [3.63, 3.8) is 0 Å². The zero-order valence-corrected chi connectivity index (χ0v) is 11.5. The van der Waals surface area contributed by atoms with Crippen molar-refractivity contribution in [3.05, 3.63) is 47.5 Å². The molecular formula is C15H21F2NO. The van der Waals surface area contributed by atoms with Crippen LogP contribution in [-0.4, -0.2) is 19.8 Å². The van der Waals surface area contributed by atoms with Crippen LogP contribution in [0.2, 0.25) is 0 Å². The van der Waals surface area contributed by atoms with Crippen LogP contribution < -0.4 is 5.32 Å². The fourth-order valence-electron chi connectivity index (χ4n) is 1.72. The summed E-state index contributed by atoms with van der Waals surface area (Å²) in [6, 6.07) is 2.22. The molecule has 0 radical (unpaired) electrons. The highest BCUT2D eigenvalue weighted by Crippen LogP contribution is 2.20. The van der Waals surface area contributed by atoms with Gasteiger partial charge in [-0.15, -0.1) is 6.58 Å². The van der Waals surface area contributed by atoms with E-state index in [0.29, 0.717) is 30.9 Å². The maximum atomic E-state index is 13.7. The quantitative estimate of drug-likeness (QED) is 0.576. The van der Waals surface area contributed by atoms with Crippen molar-refractivity contribution >= 4 is 0 Å². The van der Waals surface area contributed by atoms with E-state index in [1.807, 2.05) is 0 Å². The molecule has 1 rings (SSSR count). The molecule has 0 saturated heterocycles. The smallest absolute Gasteiger partial charge is 0.128 e. The van der Waals surface area contributed by atoms with E-state index in [4.69, 9.17) is 4.74 Å². The number of ether oxygens (including phenoxy) is 1. The number of aryl methyl sites for hydroxylation is 1. The Morgan fingerprint density at radius 1 is 1.32 bits per heavy atom. The topological polar surface area (TPSA) is 21.3 Å². The molecular weight excluding hydrogens is 248 g/mol. The van der Waals surface area contributed by atoms with Crippen molar-refractivity contribution in [2.75, 3.05) is 19.8 Å². The second-order valence-corrected chi connectivity index (χ2v) is 4.49. The predicted octanol–water partition coefficient (Wildman–Crippen LogP) is 3.52. The number of halogens is 2. The molecule has 0 aliphatic heterocycles. The third kappa shape index (κ3) is 5.09. The maximum absolute atomic E-state index is 13.7. The van der Waals surface area contributed by atoms with Crippen LogP contribution in [-0.2, 0) is 4.74 Å². The standard InChI is InChI=1S/C15H21F2NO/c1-4-5-7-19-8-6-18-12(3)13-10-14(16)11(2)9-15(13)17/h4,9-10,12,18H,1,5-8H2,2-3H3. The molecule has 1 N–H and O–H groups in total. The average molecular weight is 269 g/mol. The molecule has 0 bridgehead atoms. The van der Waals surface area contributed by atoms with Crippen LogP contribution in [0.25, 0.3) is 0 Å². The molecule has 1 aromatic rings. The molecule has 1 atom stereocenters. The minimum atomic E-state index is -0.383. The molecule has 0 amide bonds. The Bertz CT molecular complexity index is 421. The SMILES string of the molecule is C=CCCOCCNC(C)c1cc(F)c(C)cc1F. The summed E-state index contributed by atoms with van der Waals surface area (Å²) < 4.78 is 32.5. The van der Waals surface area contributed by atoms with Crippen LogP contribution in [0.1, 0.15) is 30.5 Å². The summed E-state index contributed by atoms with van der Waals surface area (Å²) in [5.74, 6) is -0.765. The summed E-state index contributed by atoms with van der Waals surface area (Å²) >= 11 is 0. The lowest BCUT2D eigenvalue weighted by molar-refractivity contribution is 0.138. The Morgan fingerprint density at radius 2 is 2.05 bits per heavy atom. The second-order valence-electron chi connectivity index (χ2n) is 4.49. The van der Waals surface area contributed by atoms with Crippen molar-refractivity contribution in [3.8, 4) is 0 Å². The zero-order chi connectivity index (χ0) is 14.3. The van der Waals surface area contributed by atoms with Crippen LogP contribution >= 0.6 is 0 Å². The Morgan fingerprint density at radius 3 is 2.74 bits per heavy atom. The monoisotopic (exact) mass is 269 g/mol. The molecule has 0 fully saturated rings. The van der Waals surface area contributed by atoms with E-state index >= 15 is 0 Å². The highest BCUT2D eigenvalue weighted by atomic mass is 19.1. The predicted molar refractivity (Wildman–Crippen MR) is 73.1 cm³/mol. The summed E-state index contributed by atoms with van der Waals surface area (Å²) in [4.78, 5) is 0. The molecule has 0 heterocycles. The fraction of sp³-hybridized carbons (Fsp3) is 0.467. The first-order valence-electron chi connectivity index (χ1n) is 6.43. The first-order chi connectivity index (χ1) is 9.06. The van der Waals surface area contributed by atoms with Crippen molar-refractivity contribution in [1.82, 2.24) is 5.32 Å². The summed E-state index contributed by atoms with van der Waals surface area (Å²) in [7, 11) is 0. The van der Waals surface area contributed by atoms with Crippen LogP contribution in [0.4, 0.5) is 8.78 Å². The van der Waals surface area contributed by atoms with Crippen molar-refractivity contribution in [1.29, 1.82) is 0 Å². The molecule has 1 unspecified atom stereocenters. The van der Waals surface area contributed by atoms with E-state index in [9.17, 15) is 8.78 Å². The summed E-state index contributed by atoms with van der Waals surface area (Å²) in [6.07, 6.45) is 2.61. The lowest BCUT2D eigenvalue weighted by Crippen LogP contribution is -2.24. The number of rotatable bonds is 8. The molecule has 1 aromatic carbocycles. The Kier molecular flexibility index (Phi) is 6.67. The third-order valence-electron chi connectivity index (χ3n) is 2.91. The third-order valence-corrected chi connectivity index (χ3v) is 2.91. The van der Waals surface area contributed by atoms with Gasteiger partial charge < -0.3 is 10.1 Å². The number of benzene rings is 1. The molecule has 0 aliphatic carbocycles. The Hall–Kier alpha value is -1.26. The van der Waals surface area contributed by atoms with Gasteiger partial charge in [0, 0.05) is 18.2 Å². The van der Waals surface area contributed by atoms with Gasteiger partial charge in [0.2, 0.25) is 0 Å². The molecule has 4 heteroatoms. The fourth-order valence-corrected chi connectivity index (χ4v) is 1.72. The van der Waals surface area contributed by atoms with Crippen LogP contribution in [0.5, 0.6) is 0 Å². The molecule has 0 aliphatic rings. The molecule has 0 aromatic heterocycles. The van der Waals surface area contributed by atoms with E-state index in [1.165, 1.54) is 12.1 Å². The first-order valence-corrected chi connectivity index (χ1v) is 6.43. The highest BCUT2D eigenvalue weighted by Gasteiger charge is 2.13. The van der Waals surface area contributed by atoms with Gasteiger partial charge >= 0.3 is 0 Å². The number of nitrogens with one attached hydrogen (secondary N) is 1. The highest BCUT2D eigenvalue weighted by molar-refractivity contribution is 5.27. The van der Waals surface area contributed by atoms with Crippen molar-refractivity contribution < 1.29 is 13.5 Å². The maximum Gasteiger partial charge on any atom is 0.128 e. The summed E-state index contributed by atoms with van der Waals surface area (Å²) in [5, 5.41) is 3.11. The first kappa shape index (κ1) is 15.8. The van der Waals surface area contributed by atoms with Gasteiger partial charge in [-0.05, 0) is 38.0 Å². The van der Waals surface area contributed by atoms with E-state index in [1.54, 1.807) is 19.9 Å². The zero-order valence-electron chi connectivity index (χ0n) is 11.5. The number of hydrogen-bond donors (Lipinski definition) is 1. The van der Waals surface area contributed by atoms with E-state index < -0.39 is 0 Å². The van der Waals surface area contributed by atoms with Gasteiger partial charge in [0.05, 0.1) is 13.2 Å². The van der Waals surface area contributed by atoms with Gasteiger partial charge in [0.15, 0.2) is 0 Å². The Labute approximate surface area is 113 Å². The minimum Gasteiger partial charge on any atom is -0.380 e. The largest absolute Gasteiger partial charge is 0.380 e. The average Bonchev–Trinajstić information content (AvgIpc) is 2.37. The van der Waals surface area contributed by atoms with E-state index in [2.05, 4.69) is 11.9 Å². The van der Waals surface area contributed by atoms with Gasteiger partial charge in [0.25, 0.3) is 0 Å². The lowest BCUT2D eigenvalue weighted by atomic mass is 10.1. The van der Waals surface area contributed by atoms with Crippen molar-refractivity contribution in [2.24, 2.45) is 0 Å². The molecule has 19 heavy (non-hydrogen) atoms. The molecule has 106 valence electrons. The molecule has 0 spiro atoms. The van der Waals surface area contributed by atoms with E-state index in [-0.39, 0.29) is 17.7 Å².